The number of carbonyl (C=O) groups excluding carboxylic acids is 1. The lowest BCUT2D eigenvalue weighted by molar-refractivity contribution is 0.00954. The Bertz CT molecular complexity index is 1520. The summed E-state index contributed by atoms with van der Waals surface area (Å²) in [4.78, 5) is 21.5. The molecule has 1 atom stereocenters. The van der Waals surface area contributed by atoms with Crippen LogP contribution in [0, 0.1) is 0 Å². The smallest absolute Gasteiger partial charge is 0.339 e. The van der Waals surface area contributed by atoms with Crippen molar-refractivity contribution in [3.05, 3.63) is 77.3 Å². The molecule has 0 amide bonds. The number of nitrogens with zero attached hydrogens (tertiary/aromatic N) is 4. The van der Waals surface area contributed by atoms with Gasteiger partial charge < -0.3 is 30.6 Å². The zero-order valence-corrected chi connectivity index (χ0v) is 24.7. The van der Waals surface area contributed by atoms with Gasteiger partial charge in [0.25, 0.3) is 5.89 Å². The lowest BCUT2D eigenvalue weighted by Gasteiger charge is -2.20. The van der Waals surface area contributed by atoms with Crippen LogP contribution in [-0.2, 0) is 16.8 Å². The molecule has 2 aromatic heterocycles. The average molecular weight is 586 g/mol. The number of aliphatic hydroxyl groups is 1. The number of cyclic esters (lactones) is 1. The molecule has 4 aromatic rings. The summed E-state index contributed by atoms with van der Waals surface area (Å²) >= 11 is 0. The van der Waals surface area contributed by atoms with Crippen molar-refractivity contribution in [2.75, 3.05) is 23.8 Å². The average Bonchev–Trinajstić information content (AvgIpc) is 3.57. The summed E-state index contributed by atoms with van der Waals surface area (Å²) in [5.41, 5.74) is 8.29. The van der Waals surface area contributed by atoms with Gasteiger partial charge in [0.05, 0.1) is 23.8 Å². The van der Waals surface area contributed by atoms with Crippen LogP contribution in [-0.4, -0.2) is 44.4 Å². The fraction of sp³-hybridized carbons (Fsp3) is 0.406. The Morgan fingerprint density at radius 1 is 0.977 bits per heavy atom. The summed E-state index contributed by atoms with van der Waals surface area (Å²) in [5, 5.41) is 25.4. The van der Waals surface area contributed by atoms with E-state index in [0.717, 1.165) is 49.8 Å². The molecule has 0 aliphatic carbocycles. The van der Waals surface area contributed by atoms with Gasteiger partial charge in [-0.25, -0.2) is 9.78 Å². The molecule has 0 saturated heterocycles. The molecular weight excluding hydrogens is 546 g/mol. The minimum Gasteiger partial charge on any atom is -0.451 e. The second-order valence-corrected chi connectivity index (χ2v) is 11.2. The van der Waals surface area contributed by atoms with Crippen molar-refractivity contribution in [1.29, 1.82) is 0 Å². The predicted octanol–water partition coefficient (Wildman–Crippen LogP) is 5.66. The van der Waals surface area contributed by atoms with E-state index in [1.807, 2.05) is 50.2 Å². The van der Waals surface area contributed by atoms with Gasteiger partial charge >= 0.3 is 5.97 Å². The van der Waals surface area contributed by atoms with Gasteiger partial charge in [-0.05, 0) is 57.0 Å². The normalized spacial score (nSPS) is 14.3. The van der Waals surface area contributed by atoms with Crippen molar-refractivity contribution in [3.8, 4) is 11.5 Å². The molecule has 0 unspecified atom stereocenters. The van der Waals surface area contributed by atoms with Gasteiger partial charge in [0, 0.05) is 23.9 Å². The van der Waals surface area contributed by atoms with E-state index in [1.165, 1.54) is 6.42 Å². The van der Waals surface area contributed by atoms with E-state index in [0.29, 0.717) is 46.8 Å². The van der Waals surface area contributed by atoms with Crippen molar-refractivity contribution < 1.29 is 19.1 Å². The lowest BCUT2D eigenvalue weighted by atomic mass is 9.95. The van der Waals surface area contributed by atoms with E-state index in [9.17, 15) is 9.90 Å². The maximum atomic E-state index is 12.2. The monoisotopic (exact) mass is 585 g/mol. The zero-order valence-electron chi connectivity index (χ0n) is 24.7. The van der Waals surface area contributed by atoms with Gasteiger partial charge in [0.2, 0.25) is 11.8 Å². The Balaban J connectivity index is 1.37. The number of hydrogen-bond donors (Lipinski definition) is 4. The minimum atomic E-state index is -0.730. The number of hydrogen-bond acceptors (Lipinski definition) is 11. The highest BCUT2D eigenvalue weighted by Crippen LogP contribution is 2.38. The first-order chi connectivity index (χ1) is 20.9. The summed E-state index contributed by atoms with van der Waals surface area (Å²) in [7, 11) is 0. The number of unbranched alkanes of at least 4 members (excludes halogenated alkanes) is 5. The Morgan fingerprint density at radius 2 is 1.74 bits per heavy atom. The summed E-state index contributed by atoms with van der Waals surface area (Å²) in [6.45, 7) is 4.30. The Morgan fingerprint density at radius 3 is 2.51 bits per heavy atom. The van der Waals surface area contributed by atoms with Crippen LogP contribution in [0.25, 0.3) is 11.5 Å². The van der Waals surface area contributed by atoms with Crippen LogP contribution in [0.5, 0.6) is 0 Å². The molecule has 0 fully saturated rings. The van der Waals surface area contributed by atoms with Crippen LogP contribution >= 0.6 is 0 Å². The molecule has 5 rings (SSSR count). The van der Waals surface area contributed by atoms with Crippen molar-refractivity contribution in [1.82, 2.24) is 20.2 Å². The number of fused-ring (bicyclic) bond motifs is 1. The van der Waals surface area contributed by atoms with E-state index in [-0.39, 0.29) is 12.6 Å². The number of aryl methyl sites for hydroxylation is 1. The molecular formula is C32H39N7O4. The maximum absolute atomic E-state index is 12.2. The molecule has 1 aliphatic heterocycles. The molecule has 0 saturated carbocycles. The van der Waals surface area contributed by atoms with Gasteiger partial charge in [-0.1, -0.05) is 56.0 Å². The van der Waals surface area contributed by atoms with Crippen LogP contribution in [0.2, 0.25) is 0 Å². The number of nitrogens with two attached hydrogens (primary N) is 1. The largest absolute Gasteiger partial charge is 0.451 e. The summed E-state index contributed by atoms with van der Waals surface area (Å²) < 4.78 is 11.5. The second-order valence-electron chi connectivity index (χ2n) is 11.2. The highest BCUT2D eigenvalue weighted by Gasteiger charge is 2.37. The Hall–Kier alpha value is -4.35. The number of esters is 1. The fourth-order valence-corrected chi connectivity index (χ4v) is 5.15. The van der Waals surface area contributed by atoms with Crippen molar-refractivity contribution in [2.24, 2.45) is 5.73 Å². The van der Waals surface area contributed by atoms with E-state index >= 15 is 0 Å². The highest BCUT2D eigenvalue weighted by molar-refractivity contribution is 5.95. The molecule has 11 nitrogen and oxygen atoms in total. The van der Waals surface area contributed by atoms with Crippen molar-refractivity contribution in [3.63, 3.8) is 0 Å². The first-order valence-corrected chi connectivity index (χ1v) is 14.8. The van der Waals surface area contributed by atoms with Crippen molar-refractivity contribution in [2.45, 2.75) is 70.4 Å². The lowest BCUT2D eigenvalue weighted by Crippen LogP contribution is -2.17. The highest BCUT2D eigenvalue weighted by atomic mass is 16.6. The Kier molecular flexibility index (Phi) is 9.63. The van der Waals surface area contributed by atoms with Gasteiger partial charge in [-0.3, -0.25) is 0 Å². The number of carbonyl (C=O) groups is 1. The van der Waals surface area contributed by atoms with Gasteiger partial charge in [0.15, 0.2) is 0 Å². The molecule has 43 heavy (non-hydrogen) atoms. The standard InChI is InChI=1S/C32H39N7O4/c1-32(2)25-18-22(15-16-23(25)30(41)43-32)35-31-34-19-24(28(37-31)36-26(20-40)21-12-8-7-9-13-21)29-39-38-27(42-29)14-10-5-3-4-6-11-17-33/h7-9,12-13,15-16,18-19,26,40H,3-6,10-11,14,17,20,33H2,1-2H3,(H2,34,35,36,37)/t26-/m1/s1. The SMILES string of the molecule is CC1(C)OC(=O)c2ccc(Nc3ncc(-c4nnc(CCCCCCCCN)o4)c(N[C@H](CO)c4ccccc4)n3)cc21. The molecule has 11 heteroatoms. The third kappa shape index (κ3) is 7.36. The number of anilines is 3. The maximum Gasteiger partial charge on any atom is 0.339 e. The zero-order chi connectivity index (χ0) is 30.2. The first kappa shape index (κ1) is 30.1. The molecule has 0 spiro atoms. The van der Waals surface area contributed by atoms with E-state index in [2.05, 4.69) is 25.8 Å². The second kappa shape index (κ2) is 13.7. The molecule has 0 bridgehead atoms. The molecule has 0 radical (unpaired) electrons. The molecule has 1 aliphatic rings. The molecule has 226 valence electrons. The minimum absolute atomic E-state index is 0.162. The van der Waals surface area contributed by atoms with Crippen LogP contribution in [0.1, 0.15) is 85.8 Å². The van der Waals surface area contributed by atoms with Gasteiger partial charge in [-0.2, -0.15) is 4.98 Å². The van der Waals surface area contributed by atoms with Crippen LogP contribution in [0.3, 0.4) is 0 Å². The Labute approximate surface area is 251 Å². The van der Waals surface area contributed by atoms with E-state index < -0.39 is 11.6 Å². The fourth-order valence-electron chi connectivity index (χ4n) is 5.15. The van der Waals surface area contributed by atoms with Gasteiger partial charge in [0.1, 0.15) is 11.4 Å². The van der Waals surface area contributed by atoms with Crippen LogP contribution < -0.4 is 16.4 Å². The van der Waals surface area contributed by atoms with E-state index in [4.69, 9.17) is 19.9 Å². The topological polar surface area (TPSA) is 161 Å². The summed E-state index contributed by atoms with van der Waals surface area (Å²) in [5.74, 6) is 1.26. The molecule has 3 heterocycles. The van der Waals surface area contributed by atoms with Crippen molar-refractivity contribution >= 4 is 23.4 Å². The summed E-state index contributed by atoms with van der Waals surface area (Å²) in [6.07, 6.45) is 8.94. The third-order valence-electron chi connectivity index (χ3n) is 7.52. The quantitative estimate of drug-likeness (QED) is 0.101. The number of benzene rings is 2. The number of rotatable bonds is 15. The molecule has 5 N–H and O–H groups in total. The van der Waals surface area contributed by atoms with E-state index in [1.54, 1.807) is 18.3 Å². The predicted molar refractivity (Wildman–Crippen MR) is 164 cm³/mol. The summed E-state index contributed by atoms with van der Waals surface area (Å²) in [6, 6.07) is 14.6. The van der Waals surface area contributed by atoms with Crippen LogP contribution in [0.15, 0.2) is 59.1 Å². The van der Waals surface area contributed by atoms with Gasteiger partial charge in [-0.15, -0.1) is 10.2 Å². The molecule has 2 aromatic carbocycles. The number of ether oxygens (including phenoxy) is 1. The number of aliphatic hydroxyl groups excluding tert-OH is 1. The first-order valence-electron chi connectivity index (χ1n) is 14.8. The number of nitrogens with one attached hydrogen (secondary N) is 2. The van der Waals surface area contributed by atoms with Crippen LogP contribution in [0.4, 0.5) is 17.5 Å². The third-order valence-corrected chi connectivity index (χ3v) is 7.52. The number of aromatic nitrogens is 4.